The number of rotatable bonds is 17. The van der Waals surface area contributed by atoms with Gasteiger partial charge in [-0.15, -0.1) is 0 Å². The number of benzene rings is 2. The molecule has 0 bridgehead atoms. The molecule has 0 unspecified atom stereocenters. The third-order valence-electron chi connectivity index (χ3n) is 5.89. The van der Waals surface area contributed by atoms with Crippen molar-refractivity contribution in [1.82, 2.24) is 10.6 Å². The van der Waals surface area contributed by atoms with Crippen LogP contribution in [0.25, 0.3) is 11.1 Å². The topological polar surface area (TPSA) is 112 Å². The van der Waals surface area contributed by atoms with E-state index in [1.807, 2.05) is 31.2 Å². The lowest BCUT2D eigenvalue weighted by atomic mass is 9.98. The van der Waals surface area contributed by atoms with Gasteiger partial charge in [-0.2, -0.15) is 0 Å². The van der Waals surface area contributed by atoms with Crippen molar-refractivity contribution < 1.29 is 33.3 Å². The van der Waals surface area contributed by atoms with Crippen molar-refractivity contribution in [3.05, 3.63) is 59.7 Å². The summed E-state index contributed by atoms with van der Waals surface area (Å²) >= 11 is 0. The minimum atomic E-state index is -0.488. The van der Waals surface area contributed by atoms with Gasteiger partial charge in [0, 0.05) is 32.0 Å². The first-order valence-corrected chi connectivity index (χ1v) is 12.7. The highest BCUT2D eigenvalue weighted by molar-refractivity contribution is 5.80. The third kappa shape index (κ3) is 9.27. The maximum Gasteiger partial charge on any atom is 0.407 e. The average molecular weight is 513 g/mol. The fraction of sp³-hybridized carbons (Fsp3) is 0.464. The number of hydrogen-bond donors (Lipinski definition) is 2. The quantitative estimate of drug-likeness (QED) is 0.313. The Labute approximate surface area is 217 Å². The van der Waals surface area contributed by atoms with Gasteiger partial charge in [-0.25, -0.2) is 4.79 Å². The lowest BCUT2D eigenvalue weighted by Crippen LogP contribution is -2.30. The summed E-state index contributed by atoms with van der Waals surface area (Å²) in [5, 5.41) is 5.39. The zero-order chi connectivity index (χ0) is 26.3. The Balaban J connectivity index is 1.19. The Morgan fingerprint density at radius 1 is 0.784 bits per heavy atom. The molecular weight excluding hydrogens is 476 g/mol. The second-order valence-electron chi connectivity index (χ2n) is 8.55. The second-order valence-corrected chi connectivity index (χ2v) is 8.55. The SMILES string of the molecule is CCOCC(=O)CCCNC(=O)COCCOCCNC(=O)OCC1c2ccccc2-c2ccccc21. The zero-order valence-corrected chi connectivity index (χ0v) is 21.3. The Morgan fingerprint density at radius 2 is 1.46 bits per heavy atom. The molecule has 2 aromatic rings. The summed E-state index contributed by atoms with van der Waals surface area (Å²) in [6.45, 7) is 4.23. The number of Topliss-reactive ketones (excluding diaryl/α,β-unsaturated/α-hetero) is 1. The van der Waals surface area contributed by atoms with Gasteiger partial charge in [0.25, 0.3) is 0 Å². The molecule has 2 amide bonds. The van der Waals surface area contributed by atoms with Gasteiger partial charge < -0.3 is 29.6 Å². The molecule has 1 aliphatic carbocycles. The van der Waals surface area contributed by atoms with Crippen molar-refractivity contribution in [3.63, 3.8) is 0 Å². The number of amides is 2. The van der Waals surface area contributed by atoms with Crippen LogP contribution in [0.5, 0.6) is 0 Å². The fourth-order valence-electron chi connectivity index (χ4n) is 4.11. The van der Waals surface area contributed by atoms with Gasteiger partial charge in [0.1, 0.15) is 19.8 Å². The summed E-state index contributed by atoms with van der Waals surface area (Å²) in [6.07, 6.45) is 0.453. The maximum atomic E-state index is 12.1. The molecule has 0 spiro atoms. The van der Waals surface area contributed by atoms with Crippen LogP contribution in [0.1, 0.15) is 36.8 Å². The number of alkyl carbamates (subject to hydrolysis) is 1. The third-order valence-corrected chi connectivity index (χ3v) is 5.89. The van der Waals surface area contributed by atoms with Crippen LogP contribution < -0.4 is 10.6 Å². The zero-order valence-electron chi connectivity index (χ0n) is 21.3. The summed E-state index contributed by atoms with van der Waals surface area (Å²) in [6, 6.07) is 16.4. The Kier molecular flexibility index (Phi) is 12.1. The lowest BCUT2D eigenvalue weighted by Gasteiger charge is -2.14. The van der Waals surface area contributed by atoms with E-state index in [-0.39, 0.29) is 44.0 Å². The van der Waals surface area contributed by atoms with Gasteiger partial charge in [0.15, 0.2) is 5.78 Å². The van der Waals surface area contributed by atoms with E-state index in [1.54, 1.807) is 0 Å². The highest BCUT2D eigenvalue weighted by Crippen LogP contribution is 2.44. The molecule has 0 aromatic heterocycles. The summed E-state index contributed by atoms with van der Waals surface area (Å²) in [5.74, 6) is -0.196. The minimum absolute atomic E-state index is 0.0200. The van der Waals surface area contributed by atoms with Crippen LogP contribution in [-0.2, 0) is 28.5 Å². The summed E-state index contributed by atoms with van der Waals surface area (Å²) in [7, 11) is 0. The summed E-state index contributed by atoms with van der Waals surface area (Å²) in [5.41, 5.74) is 4.71. The molecule has 0 fully saturated rings. The summed E-state index contributed by atoms with van der Waals surface area (Å²) in [4.78, 5) is 35.3. The van der Waals surface area contributed by atoms with Gasteiger partial charge in [-0.3, -0.25) is 9.59 Å². The first-order valence-electron chi connectivity index (χ1n) is 12.7. The number of ketones is 1. The Morgan fingerprint density at radius 3 is 2.16 bits per heavy atom. The van der Waals surface area contributed by atoms with Crippen LogP contribution in [0, 0.1) is 0 Å². The number of ether oxygens (including phenoxy) is 4. The standard InChI is InChI=1S/C28H36N2O7/c1-2-34-18-21(31)8-7-13-29-27(32)20-36-17-16-35-15-14-30-28(33)37-19-26-24-11-5-3-9-22(24)23-10-4-6-12-25(23)26/h3-6,9-12,26H,2,7-8,13-20H2,1H3,(H,29,32)(H,30,33). The normalized spacial score (nSPS) is 12.0. The molecule has 2 N–H and O–H groups in total. The van der Waals surface area contributed by atoms with Crippen LogP contribution in [0.3, 0.4) is 0 Å². The molecular formula is C28H36N2O7. The molecule has 0 atom stereocenters. The van der Waals surface area contributed by atoms with Gasteiger partial charge in [-0.1, -0.05) is 48.5 Å². The molecule has 2 aromatic carbocycles. The molecule has 1 aliphatic rings. The monoisotopic (exact) mass is 512 g/mol. The van der Waals surface area contributed by atoms with Gasteiger partial charge >= 0.3 is 6.09 Å². The Bertz CT molecular complexity index is 982. The van der Waals surface area contributed by atoms with Gasteiger partial charge in [-0.05, 0) is 35.6 Å². The maximum absolute atomic E-state index is 12.1. The first-order chi connectivity index (χ1) is 18.1. The van der Waals surface area contributed by atoms with E-state index in [4.69, 9.17) is 18.9 Å². The smallest absolute Gasteiger partial charge is 0.407 e. The van der Waals surface area contributed by atoms with E-state index in [2.05, 4.69) is 34.9 Å². The number of nitrogens with one attached hydrogen (secondary N) is 2. The van der Waals surface area contributed by atoms with Crippen molar-refractivity contribution in [2.45, 2.75) is 25.7 Å². The number of hydrogen-bond acceptors (Lipinski definition) is 7. The van der Waals surface area contributed by atoms with Crippen LogP contribution in [-0.4, -0.2) is 77.1 Å². The molecule has 0 radical (unpaired) electrons. The van der Waals surface area contributed by atoms with E-state index in [9.17, 15) is 14.4 Å². The predicted molar refractivity (Wildman–Crippen MR) is 138 cm³/mol. The van der Waals surface area contributed by atoms with Crippen LogP contribution in [0.2, 0.25) is 0 Å². The first kappa shape index (κ1) is 28.3. The van der Waals surface area contributed by atoms with Gasteiger partial charge in [0.2, 0.25) is 5.91 Å². The fourth-order valence-corrected chi connectivity index (χ4v) is 4.11. The largest absolute Gasteiger partial charge is 0.449 e. The molecule has 9 heteroatoms. The van der Waals surface area contributed by atoms with E-state index >= 15 is 0 Å². The molecule has 0 saturated heterocycles. The number of fused-ring (bicyclic) bond motifs is 3. The molecule has 9 nitrogen and oxygen atoms in total. The molecule has 200 valence electrons. The molecule has 0 heterocycles. The second kappa shape index (κ2) is 15.8. The van der Waals surface area contributed by atoms with E-state index in [0.717, 1.165) is 0 Å². The van der Waals surface area contributed by atoms with E-state index in [0.29, 0.717) is 45.8 Å². The minimum Gasteiger partial charge on any atom is -0.449 e. The van der Waals surface area contributed by atoms with E-state index < -0.39 is 6.09 Å². The van der Waals surface area contributed by atoms with Crippen molar-refractivity contribution in [2.75, 3.05) is 59.3 Å². The highest BCUT2D eigenvalue weighted by atomic mass is 16.6. The highest BCUT2D eigenvalue weighted by Gasteiger charge is 2.28. The van der Waals surface area contributed by atoms with Crippen molar-refractivity contribution in [1.29, 1.82) is 0 Å². The molecule has 37 heavy (non-hydrogen) atoms. The van der Waals surface area contributed by atoms with Crippen molar-refractivity contribution in [2.24, 2.45) is 0 Å². The number of carbonyl (C=O) groups excluding carboxylic acids is 3. The number of carbonyl (C=O) groups is 3. The van der Waals surface area contributed by atoms with Crippen LogP contribution >= 0.6 is 0 Å². The lowest BCUT2D eigenvalue weighted by molar-refractivity contribution is -0.127. The van der Waals surface area contributed by atoms with Crippen molar-refractivity contribution in [3.8, 4) is 11.1 Å². The van der Waals surface area contributed by atoms with Crippen LogP contribution in [0.4, 0.5) is 4.79 Å². The average Bonchev–Trinajstić information content (AvgIpc) is 3.24. The molecule has 0 aliphatic heterocycles. The summed E-state index contributed by atoms with van der Waals surface area (Å²) < 4.78 is 21.2. The van der Waals surface area contributed by atoms with Crippen molar-refractivity contribution >= 4 is 17.8 Å². The molecule has 3 rings (SSSR count). The molecule has 0 saturated carbocycles. The van der Waals surface area contributed by atoms with Gasteiger partial charge in [0.05, 0.1) is 19.8 Å². The Hall–Kier alpha value is -3.27. The van der Waals surface area contributed by atoms with E-state index in [1.165, 1.54) is 22.3 Å². The predicted octanol–water partition coefficient (Wildman–Crippen LogP) is 3.06. The van der Waals surface area contributed by atoms with Crippen LogP contribution in [0.15, 0.2) is 48.5 Å².